The maximum absolute atomic E-state index is 12.9. The molecule has 0 atom stereocenters. The molecule has 1 aliphatic rings. The summed E-state index contributed by atoms with van der Waals surface area (Å²) < 4.78 is 11.7. The normalized spacial score (nSPS) is 13.9. The number of aromatic nitrogens is 2. The van der Waals surface area contributed by atoms with Crippen LogP contribution in [0.15, 0.2) is 21.6 Å². The molecule has 2 aromatic heterocycles. The molecule has 0 saturated heterocycles. The number of hydrogen-bond acceptors (Lipinski definition) is 8. The third-order valence-corrected chi connectivity index (χ3v) is 4.36. The molecule has 11 nitrogen and oxygen atoms in total. The second-order valence-electron chi connectivity index (χ2n) is 6.94. The van der Waals surface area contributed by atoms with Gasteiger partial charge in [0.05, 0.1) is 19.3 Å². The van der Waals surface area contributed by atoms with E-state index in [9.17, 15) is 24.6 Å². The van der Waals surface area contributed by atoms with Gasteiger partial charge in [0.25, 0.3) is 5.91 Å². The number of carboxylic acid groups (broad SMARTS) is 1. The Kier molecular flexibility index (Phi) is 5.59. The molecule has 2 aromatic rings. The van der Waals surface area contributed by atoms with E-state index in [1.807, 2.05) is 13.8 Å². The second kappa shape index (κ2) is 7.95. The largest absolute Gasteiger partial charge is 0.502 e. The first-order chi connectivity index (χ1) is 13.7. The number of amides is 1. The fourth-order valence-corrected chi connectivity index (χ4v) is 3.02. The lowest BCUT2D eigenvalue weighted by molar-refractivity contribution is 0.0425. The molecule has 0 fully saturated rings. The van der Waals surface area contributed by atoms with E-state index < -0.39 is 28.6 Å². The van der Waals surface area contributed by atoms with Gasteiger partial charge in [-0.3, -0.25) is 19.3 Å². The summed E-state index contributed by atoms with van der Waals surface area (Å²) in [5.74, 6) is -2.43. The quantitative estimate of drug-likeness (QED) is 0.674. The molecule has 1 aliphatic heterocycles. The Hall–Kier alpha value is -3.34. The van der Waals surface area contributed by atoms with Crippen LogP contribution in [-0.4, -0.2) is 62.7 Å². The summed E-state index contributed by atoms with van der Waals surface area (Å²) in [7, 11) is 0. The number of carboxylic acids is 1. The molecule has 0 unspecified atom stereocenters. The summed E-state index contributed by atoms with van der Waals surface area (Å²) in [6.45, 7) is 6.17. The maximum atomic E-state index is 12.9. The standard InChI is InChI=1S/C18H22N4O7/c1-10(2)28-5-4-20-9-21(7-12-6-11(3)29-19-12)22-8-13(18(26)27)15(23)16(24)14(22)17(20)25/h6,8,10,24H,4-5,7,9H2,1-3H3,(H,26,27). The zero-order valence-corrected chi connectivity index (χ0v) is 16.3. The monoisotopic (exact) mass is 406 g/mol. The third-order valence-electron chi connectivity index (χ3n) is 4.36. The molecular weight excluding hydrogens is 384 g/mol. The molecule has 11 heteroatoms. The lowest BCUT2D eigenvalue weighted by Crippen LogP contribution is -2.54. The van der Waals surface area contributed by atoms with Gasteiger partial charge in [-0.2, -0.15) is 0 Å². The number of nitrogens with zero attached hydrogens (tertiary/aromatic N) is 4. The number of aromatic hydroxyl groups is 1. The molecule has 0 saturated carbocycles. The van der Waals surface area contributed by atoms with Crippen molar-refractivity contribution in [1.82, 2.24) is 14.7 Å². The highest BCUT2D eigenvalue weighted by Gasteiger charge is 2.34. The van der Waals surface area contributed by atoms with E-state index in [0.29, 0.717) is 11.5 Å². The predicted molar refractivity (Wildman–Crippen MR) is 99.5 cm³/mol. The second-order valence-corrected chi connectivity index (χ2v) is 6.94. The Labute approximate surface area is 165 Å². The number of pyridine rings is 1. The Morgan fingerprint density at radius 1 is 1.38 bits per heavy atom. The van der Waals surface area contributed by atoms with Crippen LogP contribution in [0.2, 0.25) is 0 Å². The molecule has 3 rings (SSSR count). The van der Waals surface area contributed by atoms with Gasteiger partial charge in [0, 0.05) is 18.8 Å². The van der Waals surface area contributed by atoms with Crippen molar-refractivity contribution in [1.29, 1.82) is 0 Å². The Balaban J connectivity index is 2.03. The number of fused-ring (bicyclic) bond motifs is 1. The summed E-state index contributed by atoms with van der Waals surface area (Å²) in [6.07, 6.45) is 1.01. The smallest absolute Gasteiger partial charge is 0.341 e. The number of carbonyl (C=O) groups is 2. The van der Waals surface area contributed by atoms with Gasteiger partial charge in [0.1, 0.15) is 23.7 Å². The summed E-state index contributed by atoms with van der Waals surface area (Å²) in [6, 6.07) is 1.70. The summed E-state index contributed by atoms with van der Waals surface area (Å²) in [4.78, 5) is 37.9. The van der Waals surface area contributed by atoms with Gasteiger partial charge in [0.15, 0.2) is 11.4 Å². The van der Waals surface area contributed by atoms with Gasteiger partial charge in [-0.05, 0) is 20.8 Å². The average molecular weight is 406 g/mol. The Morgan fingerprint density at radius 2 is 2.10 bits per heavy atom. The van der Waals surface area contributed by atoms with E-state index in [1.165, 1.54) is 9.58 Å². The number of aromatic carboxylic acids is 1. The van der Waals surface area contributed by atoms with Crippen molar-refractivity contribution in [3.05, 3.63) is 45.2 Å². The number of ether oxygens (including phenoxy) is 1. The Bertz CT molecular complexity index is 995. The van der Waals surface area contributed by atoms with Gasteiger partial charge < -0.3 is 24.4 Å². The van der Waals surface area contributed by atoms with Crippen LogP contribution in [-0.2, 0) is 11.3 Å². The summed E-state index contributed by atoms with van der Waals surface area (Å²) in [5.41, 5.74) is -1.53. The molecule has 3 heterocycles. The highest BCUT2D eigenvalue weighted by Crippen LogP contribution is 2.22. The first kappa shape index (κ1) is 20.4. The fourth-order valence-electron chi connectivity index (χ4n) is 3.02. The van der Waals surface area contributed by atoms with Gasteiger partial charge in [0.2, 0.25) is 5.43 Å². The van der Waals surface area contributed by atoms with Gasteiger partial charge in [-0.15, -0.1) is 0 Å². The lowest BCUT2D eigenvalue weighted by Gasteiger charge is -2.39. The van der Waals surface area contributed by atoms with Crippen LogP contribution >= 0.6 is 0 Å². The van der Waals surface area contributed by atoms with E-state index in [4.69, 9.17) is 9.26 Å². The zero-order chi connectivity index (χ0) is 21.3. The van der Waals surface area contributed by atoms with Crippen molar-refractivity contribution in [2.24, 2.45) is 0 Å². The molecule has 0 bridgehead atoms. The van der Waals surface area contributed by atoms with Crippen molar-refractivity contribution in [3.8, 4) is 5.75 Å². The molecule has 2 N–H and O–H groups in total. The molecule has 1 amide bonds. The third kappa shape index (κ3) is 4.09. The average Bonchev–Trinajstić information content (AvgIpc) is 3.05. The summed E-state index contributed by atoms with van der Waals surface area (Å²) >= 11 is 0. The SMILES string of the molecule is Cc1cc(CN2CN(CCOC(C)C)C(=O)c3c(O)c(=O)c(C(=O)O)cn32)no1. The van der Waals surface area contributed by atoms with E-state index in [0.717, 1.165) is 6.20 Å². The number of aryl methyl sites for hydroxylation is 1. The van der Waals surface area contributed by atoms with E-state index in [-0.39, 0.29) is 38.2 Å². The molecule has 0 radical (unpaired) electrons. The van der Waals surface area contributed by atoms with Gasteiger partial charge in [-0.1, -0.05) is 5.16 Å². The first-order valence-electron chi connectivity index (χ1n) is 8.99. The van der Waals surface area contributed by atoms with E-state index in [2.05, 4.69) is 5.16 Å². The maximum Gasteiger partial charge on any atom is 0.341 e. The van der Waals surface area contributed by atoms with Gasteiger partial charge >= 0.3 is 5.97 Å². The van der Waals surface area contributed by atoms with Gasteiger partial charge in [-0.25, -0.2) is 4.79 Å². The van der Waals surface area contributed by atoms with Crippen molar-refractivity contribution in [2.45, 2.75) is 33.4 Å². The highest BCUT2D eigenvalue weighted by atomic mass is 16.5. The Morgan fingerprint density at radius 3 is 2.69 bits per heavy atom. The van der Waals surface area contributed by atoms with E-state index >= 15 is 0 Å². The zero-order valence-electron chi connectivity index (χ0n) is 16.3. The molecule has 0 aromatic carbocycles. The first-order valence-corrected chi connectivity index (χ1v) is 8.99. The van der Waals surface area contributed by atoms with Crippen LogP contribution in [0, 0.1) is 6.92 Å². The molecule has 29 heavy (non-hydrogen) atoms. The van der Waals surface area contributed by atoms with Crippen LogP contribution in [0.5, 0.6) is 5.75 Å². The number of hydrogen-bond donors (Lipinski definition) is 2. The summed E-state index contributed by atoms with van der Waals surface area (Å²) in [5, 5.41) is 25.1. The molecule has 0 aliphatic carbocycles. The van der Waals surface area contributed by atoms with Crippen LogP contribution in [0.25, 0.3) is 0 Å². The predicted octanol–water partition coefficient (Wildman–Crippen LogP) is 0.525. The van der Waals surface area contributed by atoms with Crippen LogP contribution in [0.3, 0.4) is 0 Å². The minimum absolute atomic E-state index is 0.0227. The van der Waals surface area contributed by atoms with Crippen LogP contribution < -0.4 is 10.4 Å². The highest BCUT2D eigenvalue weighted by molar-refractivity contribution is 5.97. The molecule has 156 valence electrons. The van der Waals surface area contributed by atoms with Crippen molar-refractivity contribution in [2.75, 3.05) is 24.8 Å². The van der Waals surface area contributed by atoms with Crippen molar-refractivity contribution >= 4 is 11.9 Å². The fraction of sp³-hybridized carbons (Fsp3) is 0.444. The number of carbonyl (C=O) groups excluding carboxylic acids is 1. The minimum Gasteiger partial charge on any atom is -0.502 e. The van der Waals surface area contributed by atoms with E-state index in [1.54, 1.807) is 18.0 Å². The van der Waals surface area contributed by atoms with Crippen molar-refractivity contribution in [3.63, 3.8) is 0 Å². The number of rotatable bonds is 7. The van der Waals surface area contributed by atoms with Crippen molar-refractivity contribution < 1.29 is 29.1 Å². The topological polar surface area (TPSA) is 138 Å². The van der Waals surface area contributed by atoms with Crippen LogP contribution in [0.1, 0.15) is 46.1 Å². The minimum atomic E-state index is -1.50. The lowest BCUT2D eigenvalue weighted by atomic mass is 10.2. The molecule has 0 spiro atoms. The van der Waals surface area contributed by atoms with Crippen LogP contribution in [0.4, 0.5) is 0 Å². The molecular formula is C18H22N4O7.